The molecular weight excluding hydrogens is 300 g/mol. The molecule has 1 heterocycles. The minimum atomic E-state index is 0.597. The Labute approximate surface area is 145 Å². The Bertz CT molecular complexity index is 670. The molecular formula is C19H28N4O. The lowest BCUT2D eigenvalue weighted by Crippen LogP contribution is -2.40. The van der Waals surface area contributed by atoms with E-state index in [0.717, 1.165) is 18.3 Å². The van der Waals surface area contributed by atoms with Gasteiger partial charge in [0.05, 0.1) is 13.1 Å². The van der Waals surface area contributed by atoms with Gasteiger partial charge in [-0.1, -0.05) is 6.07 Å². The average Bonchev–Trinajstić information content (AvgIpc) is 2.91. The molecule has 0 saturated heterocycles. The van der Waals surface area contributed by atoms with Crippen molar-refractivity contribution in [1.29, 1.82) is 0 Å². The van der Waals surface area contributed by atoms with Crippen molar-refractivity contribution in [2.24, 2.45) is 12.0 Å². The number of guanidine groups is 1. The third kappa shape index (κ3) is 5.05. The third-order valence-electron chi connectivity index (χ3n) is 3.87. The van der Waals surface area contributed by atoms with E-state index in [1.165, 1.54) is 16.8 Å². The molecule has 1 aromatic heterocycles. The second-order valence-corrected chi connectivity index (χ2v) is 6.11. The zero-order valence-electron chi connectivity index (χ0n) is 15.3. The molecule has 5 heteroatoms. The summed E-state index contributed by atoms with van der Waals surface area (Å²) >= 11 is 0. The maximum Gasteiger partial charge on any atom is 0.193 e. The Morgan fingerprint density at radius 2 is 1.96 bits per heavy atom. The molecule has 0 atom stereocenters. The van der Waals surface area contributed by atoms with E-state index in [1.807, 2.05) is 7.05 Å². The number of ether oxygens (including phenoxy) is 1. The van der Waals surface area contributed by atoms with Gasteiger partial charge >= 0.3 is 0 Å². The fourth-order valence-electron chi connectivity index (χ4n) is 2.71. The summed E-state index contributed by atoms with van der Waals surface area (Å²) in [7, 11) is 5.89. The summed E-state index contributed by atoms with van der Waals surface area (Å²) < 4.78 is 7.95. The van der Waals surface area contributed by atoms with Gasteiger partial charge in [0.1, 0.15) is 12.4 Å². The minimum Gasteiger partial charge on any atom is -0.492 e. The molecule has 0 unspecified atom stereocenters. The minimum absolute atomic E-state index is 0.597. The number of aliphatic imine (C=N–C) groups is 1. The number of aryl methyl sites for hydroxylation is 3. The highest BCUT2D eigenvalue weighted by molar-refractivity contribution is 5.79. The summed E-state index contributed by atoms with van der Waals surface area (Å²) in [5.74, 6) is 1.78. The van der Waals surface area contributed by atoms with E-state index in [9.17, 15) is 0 Å². The highest BCUT2D eigenvalue weighted by atomic mass is 16.5. The molecule has 5 nitrogen and oxygen atoms in total. The van der Waals surface area contributed by atoms with Gasteiger partial charge in [0.25, 0.3) is 0 Å². The van der Waals surface area contributed by atoms with E-state index in [4.69, 9.17) is 4.74 Å². The molecule has 0 aliphatic heterocycles. The van der Waals surface area contributed by atoms with E-state index >= 15 is 0 Å². The van der Waals surface area contributed by atoms with Gasteiger partial charge in [-0.15, -0.1) is 0 Å². The summed E-state index contributed by atoms with van der Waals surface area (Å²) in [5, 5.41) is 3.34. The SMILES string of the molecule is CN=C(NCCOc1cc(C)cc(C)c1)N(C)Cc1cccn1C. The second-order valence-electron chi connectivity index (χ2n) is 6.11. The first-order valence-corrected chi connectivity index (χ1v) is 8.22. The van der Waals surface area contributed by atoms with Crippen LogP contribution in [0.2, 0.25) is 0 Å². The van der Waals surface area contributed by atoms with Crippen LogP contribution in [0.15, 0.2) is 41.5 Å². The summed E-state index contributed by atoms with van der Waals surface area (Å²) in [6.45, 7) is 6.27. The molecule has 0 spiro atoms. The fraction of sp³-hybridized carbons (Fsp3) is 0.421. The summed E-state index contributed by atoms with van der Waals surface area (Å²) in [4.78, 5) is 6.44. The van der Waals surface area contributed by atoms with Gasteiger partial charge in [-0.05, 0) is 49.2 Å². The molecule has 2 rings (SSSR count). The molecule has 130 valence electrons. The Morgan fingerprint density at radius 1 is 1.25 bits per heavy atom. The molecule has 0 aliphatic rings. The predicted molar refractivity (Wildman–Crippen MR) is 99.7 cm³/mol. The highest BCUT2D eigenvalue weighted by Crippen LogP contribution is 2.15. The van der Waals surface area contributed by atoms with E-state index in [1.54, 1.807) is 7.05 Å². The monoisotopic (exact) mass is 328 g/mol. The van der Waals surface area contributed by atoms with Crippen LogP contribution in [0.3, 0.4) is 0 Å². The van der Waals surface area contributed by atoms with Crippen LogP contribution in [0.4, 0.5) is 0 Å². The maximum atomic E-state index is 5.83. The topological polar surface area (TPSA) is 41.8 Å². The summed E-state index contributed by atoms with van der Waals surface area (Å²) in [6.07, 6.45) is 2.05. The number of hydrogen-bond donors (Lipinski definition) is 1. The standard InChI is InChI=1S/C19H28N4O/c1-15-11-16(2)13-18(12-15)24-10-8-21-19(20-3)23(5)14-17-7-6-9-22(17)4/h6-7,9,11-13H,8,10,14H2,1-5H3,(H,20,21). The Morgan fingerprint density at radius 3 is 2.54 bits per heavy atom. The molecule has 0 radical (unpaired) electrons. The normalized spacial score (nSPS) is 11.5. The Balaban J connectivity index is 1.80. The summed E-state index contributed by atoms with van der Waals surface area (Å²) in [6, 6.07) is 10.4. The van der Waals surface area contributed by atoms with Crippen molar-refractivity contribution in [3.63, 3.8) is 0 Å². The van der Waals surface area contributed by atoms with Gasteiger partial charge in [-0.25, -0.2) is 0 Å². The van der Waals surface area contributed by atoms with Crippen molar-refractivity contribution in [2.75, 3.05) is 27.2 Å². The Hall–Kier alpha value is -2.43. The maximum absolute atomic E-state index is 5.83. The van der Waals surface area contributed by atoms with Gasteiger partial charge in [0.2, 0.25) is 0 Å². The van der Waals surface area contributed by atoms with E-state index < -0.39 is 0 Å². The number of nitrogens with one attached hydrogen (secondary N) is 1. The average molecular weight is 328 g/mol. The zero-order valence-corrected chi connectivity index (χ0v) is 15.3. The number of benzene rings is 1. The smallest absolute Gasteiger partial charge is 0.193 e. The highest BCUT2D eigenvalue weighted by Gasteiger charge is 2.08. The van der Waals surface area contributed by atoms with Crippen molar-refractivity contribution in [3.05, 3.63) is 53.3 Å². The molecule has 0 saturated carbocycles. The van der Waals surface area contributed by atoms with E-state index in [2.05, 4.69) is 77.2 Å². The van der Waals surface area contributed by atoms with Crippen LogP contribution in [0, 0.1) is 13.8 Å². The van der Waals surface area contributed by atoms with Crippen molar-refractivity contribution in [2.45, 2.75) is 20.4 Å². The van der Waals surface area contributed by atoms with Crippen LogP contribution in [-0.2, 0) is 13.6 Å². The largest absolute Gasteiger partial charge is 0.492 e. The van der Waals surface area contributed by atoms with Crippen LogP contribution in [0.1, 0.15) is 16.8 Å². The fourth-order valence-corrected chi connectivity index (χ4v) is 2.71. The molecule has 0 aliphatic carbocycles. The van der Waals surface area contributed by atoms with Crippen molar-refractivity contribution < 1.29 is 4.74 Å². The summed E-state index contributed by atoms with van der Waals surface area (Å²) in [5.41, 5.74) is 3.68. The van der Waals surface area contributed by atoms with Crippen LogP contribution in [0.5, 0.6) is 5.75 Å². The van der Waals surface area contributed by atoms with Gasteiger partial charge < -0.3 is 19.5 Å². The number of nitrogens with zero attached hydrogens (tertiary/aromatic N) is 3. The van der Waals surface area contributed by atoms with Gasteiger partial charge in [-0.2, -0.15) is 0 Å². The Kier molecular flexibility index (Phi) is 6.29. The first-order valence-electron chi connectivity index (χ1n) is 8.22. The van der Waals surface area contributed by atoms with Gasteiger partial charge in [0, 0.05) is 33.0 Å². The van der Waals surface area contributed by atoms with Gasteiger partial charge in [-0.3, -0.25) is 4.99 Å². The predicted octanol–water partition coefficient (Wildman–Crippen LogP) is 2.73. The van der Waals surface area contributed by atoms with Crippen molar-refractivity contribution >= 4 is 5.96 Å². The lowest BCUT2D eigenvalue weighted by atomic mass is 10.1. The first-order chi connectivity index (χ1) is 11.5. The van der Waals surface area contributed by atoms with E-state index in [0.29, 0.717) is 13.2 Å². The molecule has 0 amide bonds. The van der Waals surface area contributed by atoms with Crippen LogP contribution >= 0.6 is 0 Å². The molecule has 0 bridgehead atoms. The lowest BCUT2D eigenvalue weighted by molar-refractivity contribution is 0.318. The number of rotatable bonds is 6. The van der Waals surface area contributed by atoms with Crippen LogP contribution < -0.4 is 10.1 Å². The lowest BCUT2D eigenvalue weighted by Gasteiger charge is -2.22. The zero-order chi connectivity index (χ0) is 17.5. The molecule has 1 aromatic carbocycles. The van der Waals surface area contributed by atoms with Crippen molar-refractivity contribution in [3.8, 4) is 5.75 Å². The number of hydrogen-bond acceptors (Lipinski definition) is 2. The molecule has 0 fully saturated rings. The first kappa shape index (κ1) is 17.9. The van der Waals surface area contributed by atoms with Crippen LogP contribution in [-0.4, -0.2) is 42.7 Å². The molecule has 1 N–H and O–H groups in total. The quantitative estimate of drug-likeness (QED) is 0.504. The second kappa shape index (κ2) is 8.43. The number of aromatic nitrogens is 1. The molecule has 24 heavy (non-hydrogen) atoms. The van der Waals surface area contributed by atoms with Crippen molar-refractivity contribution in [1.82, 2.24) is 14.8 Å². The third-order valence-corrected chi connectivity index (χ3v) is 3.87. The van der Waals surface area contributed by atoms with Crippen LogP contribution in [0.25, 0.3) is 0 Å². The molecule has 2 aromatic rings. The van der Waals surface area contributed by atoms with Gasteiger partial charge in [0.15, 0.2) is 5.96 Å². The van der Waals surface area contributed by atoms with E-state index in [-0.39, 0.29) is 0 Å².